The van der Waals surface area contributed by atoms with Gasteiger partial charge in [0.05, 0.1) is 16.5 Å². The van der Waals surface area contributed by atoms with E-state index in [1.807, 2.05) is 32.6 Å². The molecular formula is C32H32Cl3NO7S. The van der Waals surface area contributed by atoms with Gasteiger partial charge in [0.1, 0.15) is 4.90 Å². The molecule has 2 aromatic rings. The summed E-state index contributed by atoms with van der Waals surface area (Å²) in [5, 5.41) is 9.66. The second kappa shape index (κ2) is 11.5. The summed E-state index contributed by atoms with van der Waals surface area (Å²) < 4.78 is 31.4. The van der Waals surface area contributed by atoms with Crippen molar-refractivity contribution in [3.63, 3.8) is 0 Å². The highest BCUT2D eigenvalue weighted by Crippen LogP contribution is 2.55. The second-order valence-corrected chi connectivity index (χ2v) is 15.9. The molecule has 1 aliphatic heterocycles. The van der Waals surface area contributed by atoms with E-state index in [4.69, 9.17) is 39.0 Å². The second-order valence-electron chi connectivity index (χ2n) is 13.1. The minimum absolute atomic E-state index is 0.114. The Morgan fingerprint density at radius 3 is 1.82 bits per heavy atom. The molecule has 8 nitrogen and oxygen atoms in total. The smallest absolute Gasteiger partial charge is 0.339 e. The summed E-state index contributed by atoms with van der Waals surface area (Å²) in [7, 11) is -4.32. The van der Waals surface area contributed by atoms with Crippen LogP contribution in [0.15, 0.2) is 63.8 Å². The topological polar surface area (TPSA) is 118 Å². The summed E-state index contributed by atoms with van der Waals surface area (Å²) in [4.78, 5) is 41.2. The van der Waals surface area contributed by atoms with Crippen molar-refractivity contribution in [1.82, 2.24) is 4.90 Å². The van der Waals surface area contributed by atoms with Crippen LogP contribution in [0.5, 0.6) is 5.75 Å². The fraction of sp³-hybridized carbons (Fsp3) is 0.406. The van der Waals surface area contributed by atoms with E-state index in [9.17, 15) is 27.9 Å². The number of ketones is 2. The van der Waals surface area contributed by atoms with Crippen LogP contribution >= 0.6 is 34.8 Å². The molecule has 44 heavy (non-hydrogen) atoms. The zero-order valence-corrected chi connectivity index (χ0v) is 27.8. The third-order valence-corrected chi connectivity index (χ3v) is 10.3. The number of hydrogen-bond acceptors (Lipinski definition) is 7. The van der Waals surface area contributed by atoms with E-state index in [1.165, 1.54) is 36.4 Å². The quantitative estimate of drug-likeness (QED) is 0.298. The fourth-order valence-electron chi connectivity index (χ4n) is 6.44. The zero-order chi connectivity index (χ0) is 32.4. The molecule has 0 spiro atoms. The fourth-order valence-corrected chi connectivity index (χ4v) is 8.21. The van der Waals surface area contributed by atoms with Crippen LogP contribution in [0.2, 0.25) is 15.1 Å². The summed E-state index contributed by atoms with van der Waals surface area (Å²) in [6.07, 6.45) is 1.29. The van der Waals surface area contributed by atoms with Gasteiger partial charge in [0.15, 0.2) is 17.3 Å². The SMILES string of the molecule is CC1(C)CC(=O)C2=C(C1)N(CCC(=O)O)C1=C(C(=O)CC(C)(C)C1)C2c1cc(Cl)c(OS(=O)(=O)c2ccc(Cl)cc2)c(Cl)c1. The lowest BCUT2D eigenvalue weighted by molar-refractivity contribution is -0.137. The summed E-state index contributed by atoms with van der Waals surface area (Å²) in [6, 6.07) is 8.36. The number of halogens is 3. The van der Waals surface area contributed by atoms with E-state index >= 15 is 0 Å². The number of nitrogens with zero attached hydrogens (tertiary/aromatic N) is 1. The van der Waals surface area contributed by atoms with Gasteiger partial charge in [0.25, 0.3) is 0 Å². The average Bonchev–Trinajstić information content (AvgIpc) is 2.88. The molecule has 0 fully saturated rings. The molecule has 0 bridgehead atoms. The molecule has 0 amide bonds. The molecule has 0 radical (unpaired) electrons. The van der Waals surface area contributed by atoms with Gasteiger partial charge < -0.3 is 14.2 Å². The first-order valence-corrected chi connectivity index (χ1v) is 16.6. The number of aliphatic carboxylic acids is 1. The summed E-state index contributed by atoms with van der Waals surface area (Å²) in [5.74, 6) is -2.39. The maximum absolute atomic E-state index is 13.9. The molecule has 0 saturated carbocycles. The van der Waals surface area contributed by atoms with Gasteiger partial charge in [-0.25, -0.2) is 0 Å². The normalized spacial score (nSPS) is 20.0. The number of carboxylic acid groups (broad SMARTS) is 1. The molecule has 234 valence electrons. The van der Waals surface area contributed by atoms with Crippen LogP contribution in [0.4, 0.5) is 0 Å². The lowest BCUT2D eigenvalue weighted by atomic mass is 9.63. The van der Waals surface area contributed by atoms with E-state index in [2.05, 4.69) is 0 Å². The number of rotatable bonds is 7. The maximum atomic E-state index is 13.9. The third kappa shape index (κ3) is 6.29. The Balaban J connectivity index is 1.67. The molecule has 1 N–H and O–H groups in total. The van der Waals surface area contributed by atoms with Crippen molar-refractivity contribution in [3.05, 3.63) is 79.6 Å². The van der Waals surface area contributed by atoms with Crippen molar-refractivity contribution in [2.75, 3.05) is 6.54 Å². The average molecular weight is 681 g/mol. The molecule has 2 aromatic carbocycles. The van der Waals surface area contributed by atoms with Gasteiger partial charge in [-0.2, -0.15) is 8.42 Å². The molecule has 2 aliphatic carbocycles. The van der Waals surface area contributed by atoms with Gasteiger partial charge >= 0.3 is 16.1 Å². The van der Waals surface area contributed by atoms with Crippen LogP contribution in [0.25, 0.3) is 0 Å². The van der Waals surface area contributed by atoms with Gasteiger partial charge in [0.2, 0.25) is 0 Å². The Morgan fingerprint density at radius 2 is 1.36 bits per heavy atom. The Morgan fingerprint density at radius 1 is 0.886 bits per heavy atom. The van der Waals surface area contributed by atoms with Crippen molar-refractivity contribution < 1.29 is 32.1 Å². The number of carboxylic acids is 1. The minimum Gasteiger partial charge on any atom is -0.481 e. The lowest BCUT2D eigenvalue weighted by Gasteiger charge is -2.49. The van der Waals surface area contributed by atoms with E-state index in [0.717, 1.165) is 0 Å². The first kappa shape index (κ1) is 32.5. The first-order valence-electron chi connectivity index (χ1n) is 14.1. The monoisotopic (exact) mass is 679 g/mol. The summed E-state index contributed by atoms with van der Waals surface area (Å²) >= 11 is 19.1. The van der Waals surface area contributed by atoms with Crippen LogP contribution in [0.1, 0.15) is 71.3 Å². The first-order chi connectivity index (χ1) is 20.4. The molecule has 3 aliphatic rings. The highest BCUT2D eigenvalue weighted by molar-refractivity contribution is 7.87. The van der Waals surface area contributed by atoms with Crippen molar-refractivity contribution in [2.45, 2.75) is 70.6 Å². The van der Waals surface area contributed by atoms with Crippen molar-refractivity contribution in [2.24, 2.45) is 10.8 Å². The molecule has 0 aromatic heterocycles. The van der Waals surface area contributed by atoms with Gasteiger partial charge in [-0.3, -0.25) is 14.4 Å². The van der Waals surface area contributed by atoms with Crippen LogP contribution in [0.3, 0.4) is 0 Å². The van der Waals surface area contributed by atoms with Crippen LogP contribution in [0, 0.1) is 10.8 Å². The number of allylic oxidation sites excluding steroid dienone is 4. The van der Waals surface area contributed by atoms with E-state index in [0.29, 0.717) is 46.0 Å². The van der Waals surface area contributed by atoms with Crippen LogP contribution in [-0.4, -0.2) is 42.5 Å². The molecule has 0 atom stereocenters. The molecule has 0 unspecified atom stereocenters. The van der Waals surface area contributed by atoms with Gasteiger partial charge in [0, 0.05) is 52.9 Å². The predicted octanol–water partition coefficient (Wildman–Crippen LogP) is 7.57. The van der Waals surface area contributed by atoms with Gasteiger partial charge in [-0.05, 0) is 65.6 Å². The van der Waals surface area contributed by atoms with Crippen LogP contribution in [-0.2, 0) is 24.5 Å². The zero-order valence-electron chi connectivity index (χ0n) is 24.7. The van der Waals surface area contributed by atoms with E-state index in [1.54, 1.807) is 0 Å². The maximum Gasteiger partial charge on any atom is 0.339 e. The number of carbonyl (C=O) groups is 3. The Bertz CT molecular complexity index is 1680. The highest BCUT2D eigenvalue weighted by atomic mass is 35.5. The minimum atomic E-state index is -4.32. The standard InChI is InChI=1S/C32H32Cl3NO7S/c1-31(2)13-22-28(24(37)15-31)27(29-23(36(22)10-9-26(39)40)14-32(3,4)16-25(29)38)17-11-20(34)30(21(35)12-17)43-44(41,42)19-7-5-18(33)6-8-19/h5-8,11-12,27H,9-10,13-16H2,1-4H3,(H,39,40). The van der Waals surface area contributed by atoms with E-state index in [-0.39, 0.29) is 58.1 Å². The van der Waals surface area contributed by atoms with Crippen molar-refractivity contribution in [1.29, 1.82) is 0 Å². The summed E-state index contributed by atoms with van der Waals surface area (Å²) in [6.45, 7) is 8.06. The van der Waals surface area contributed by atoms with Crippen LogP contribution < -0.4 is 4.18 Å². The lowest BCUT2D eigenvalue weighted by Crippen LogP contribution is -2.45. The number of carbonyl (C=O) groups excluding carboxylic acids is 2. The largest absolute Gasteiger partial charge is 0.481 e. The Hall–Kier alpha value is -2.85. The van der Waals surface area contributed by atoms with E-state index < -0.39 is 32.8 Å². The van der Waals surface area contributed by atoms with Gasteiger partial charge in [-0.15, -0.1) is 0 Å². The molecule has 1 heterocycles. The Kier molecular flexibility index (Phi) is 8.51. The third-order valence-electron chi connectivity index (χ3n) is 8.22. The highest BCUT2D eigenvalue weighted by Gasteiger charge is 2.49. The number of Topliss-reactive ketones (excluding diaryl/α,β-unsaturated/α-hetero) is 2. The molecule has 5 rings (SSSR count). The van der Waals surface area contributed by atoms with Crippen molar-refractivity contribution in [3.8, 4) is 5.75 Å². The summed E-state index contributed by atoms with van der Waals surface area (Å²) in [5.41, 5.74) is 1.87. The molecular weight excluding hydrogens is 649 g/mol. The molecule has 0 saturated heterocycles. The Labute approximate surface area is 271 Å². The molecule has 12 heteroatoms. The van der Waals surface area contributed by atoms with Crippen molar-refractivity contribution >= 4 is 62.5 Å². The number of benzene rings is 2. The van der Waals surface area contributed by atoms with Gasteiger partial charge in [-0.1, -0.05) is 62.5 Å². The predicted molar refractivity (Wildman–Crippen MR) is 168 cm³/mol. The number of hydrogen-bond donors (Lipinski definition) is 1.